The van der Waals surface area contributed by atoms with Gasteiger partial charge < -0.3 is 4.90 Å². The smallest absolute Gasteiger partial charge is 0.0464 e. The SMILES string of the molecule is Cc1ccc(N(C2=CCC(C)C=C2)c2ccccc2)cc1C. The molecule has 0 fully saturated rings. The predicted octanol–water partition coefficient (Wildman–Crippen LogP) is 5.92. The van der Waals surface area contributed by atoms with Crippen molar-refractivity contribution < 1.29 is 0 Å². The molecule has 0 saturated carbocycles. The van der Waals surface area contributed by atoms with Crippen LogP contribution in [-0.2, 0) is 0 Å². The average Bonchev–Trinajstić information content (AvgIpc) is 2.54. The highest BCUT2D eigenvalue weighted by Crippen LogP contribution is 2.33. The normalized spacial score (nSPS) is 17.2. The first kappa shape index (κ1) is 14.6. The Morgan fingerprint density at radius 3 is 2.32 bits per heavy atom. The number of benzene rings is 2. The summed E-state index contributed by atoms with van der Waals surface area (Å²) in [6.07, 6.45) is 7.98. The molecular formula is C21H23N. The molecule has 0 amide bonds. The molecule has 1 heteroatoms. The van der Waals surface area contributed by atoms with Crippen molar-refractivity contribution in [2.24, 2.45) is 5.92 Å². The number of nitrogens with zero attached hydrogens (tertiary/aromatic N) is 1. The van der Waals surface area contributed by atoms with E-state index in [-0.39, 0.29) is 0 Å². The molecule has 0 bridgehead atoms. The number of rotatable bonds is 3. The fourth-order valence-electron chi connectivity index (χ4n) is 2.77. The average molecular weight is 289 g/mol. The molecule has 1 atom stereocenters. The van der Waals surface area contributed by atoms with Gasteiger partial charge in [0.05, 0.1) is 0 Å². The van der Waals surface area contributed by atoms with E-state index in [2.05, 4.69) is 92.4 Å². The lowest BCUT2D eigenvalue weighted by molar-refractivity contribution is 0.728. The van der Waals surface area contributed by atoms with Crippen LogP contribution in [0.25, 0.3) is 0 Å². The molecule has 0 aromatic heterocycles. The minimum atomic E-state index is 0.626. The predicted molar refractivity (Wildman–Crippen MR) is 95.5 cm³/mol. The van der Waals surface area contributed by atoms with Crippen LogP contribution in [0.1, 0.15) is 24.5 Å². The Labute approximate surface area is 133 Å². The van der Waals surface area contributed by atoms with Crippen molar-refractivity contribution in [3.8, 4) is 0 Å². The molecule has 0 N–H and O–H groups in total. The molecule has 22 heavy (non-hydrogen) atoms. The number of allylic oxidation sites excluding steroid dienone is 3. The van der Waals surface area contributed by atoms with E-state index in [0.29, 0.717) is 5.92 Å². The van der Waals surface area contributed by atoms with Gasteiger partial charge in [0.15, 0.2) is 0 Å². The van der Waals surface area contributed by atoms with Gasteiger partial charge >= 0.3 is 0 Å². The first-order valence-electron chi connectivity index (χ1n) is 7.96. The van der Waals surface area contributed by atoms with Crippen LogP contribution < -0.4 is 4.90 Å². The molecule has 1 aliphatic rings. The van der Waals surface area contributed by atoms with Gasteiger partial charge in [0, 0.05) is 17.1 Å². The Bertz CT molecular complexity index is 710. The third-order valence-electron chi connectivity index (χ3n) is 4.32. The Balaban J connectivity index is 2.07. The summed E-state index contributed by atoms with van der Waals surface area (Å²) >= 11 is 0. The van der Waals surface area contributed by atoms with Crippen molar-refractivity contribution >= 4 is 11.4 Å². The van der Waals surface area contributed by atoms with Crippen LogP contribution in [0.3, 0.4) is 0 Å². The van der Waals surface area contributed by atoms with E-state index in [9.17, 15) is 0 Å². The first-order valence-corrected chi connectivity index (χ1v) is 7.96. The van der Waals surface area contributed by atoms with Gasteiger partial charge in [-0.2, -0.15) is 0 Å². The zero-order chi connectivity index (χ0) is 15.5. The maximum Gasteiger partial charge on any atom is 0.0464 e. The minimum Gasteiger partial charge on any atom is -0.311 e. The second-order valence-corrected chi connectivity index (χ2v) is 6.14. The van der Waals surface area contributed by atoms with Crippen LogP contribution >= 0.6 is 0 Å². The standard InChI is InChI=1S/C21H23N/c1-16-9-12-20(13-10-16)22(19-7-5-4-6-8-19)21-14-11-17(2)18(3)15-21/h4-9,11-16H,10H2,1-3H3. The molecular weight excluding hydrogens is 266 g/mol. The molecule has 0 heterocycles. The quantitative estimate of drug-likeness (QED) is 0.677. The Morgan fingerprint density at radius 2 is 1.68 bits per heavy atom. The number of para-hydroxylation sites is 1. The van der Waals surface area contributed by atoms with Gasteiger partial charge in [-0.05, 0) is 67.7 Å². The van der Waals surface area contributed by atoms with E-state index < -0.39 is 0 Å². The molecule has 112 valence electrons. The summed E-state index contributed by atoms with van der Waals surface area (Å²) in [7, 11) is 0. The third-order valence-corrected chi connectivity index (χ3v) is 4.32. The van der Waals surface area contributed by atoms with Crippen LogP contribution in [0.2, 0.25) is 0 Å². The number of aryl methyl sites for hydroxylation is 2. The molecule has 0 radical (unpaired) electrons. The largest absolute Gasteiger partial charge is 0.311 e. The number of hydrogen-bond donors (Lipinski definition) is 0. The maximum absolute atomic E-state index is 2.34. The van der Waals surface area contributed by atoms with Crippen LogP contribution in [0.4, 0.5) is 11.4 Å². The van der Waals surface area contributed by atoms with Gasteiger partial charge in [0.2, 0.25) is 0 Å². The van der Waals surface area contributed by atoms with E-state index in [4.69, 9.17) is 0 Å². The summed E-state index contributed by atoms with van der Waals surface area (Å²) in [6.45, 7) is 6.59. The number of anilines is 2. The highest BCUT2D eigenvalue weighted by atomic mass is 15.1. The molecule has 1 unspecified atom stereocenters. The molecule has 2 aromatic carbocycles. The van der Waals surface area contributed by atoms with Gasteiger partial charge in [-0.25, -0.2) is 0 Å². The van der Waals surface area contributed by atoms with Crippen molar-refractivity contribution in [2.75, 3.05) is 4.90 Å². The van der Waals surface area contributed by atoms with Gasteiger partial charge in [0.1, 0.15) is 0 Å². The summed E-state index contributed by atoms with van der Waals surface area (Å²) < 4.78 is 0. The van der Waals surface area contributed by atoms with E-state index in [1.807, 2.05) is 0 Å². The van der Waals surface area contributed by atoms with E-state index in [1.165, 1.54) is 28.2 Å². The molecule has 1 nitrogen and oxygen atoms in total. The van der Waals surface area contributed by atoms with E-state index in [1.54, 1.807) is 0 Å². The van der Waals surface area contributed by atoms with Gasteiger partial charge in [0.25, 0.3) is 0 Å². The van der Waals surface area contributed by atoms with Crippen molar-refractivity contribution in [1.29, 1.82) is 0 Å². The van der Waals surface area contributed by atoms with Crippen molar-refractivity contribution in [2.45, 2.75) is 27.2 Å². The maximum atomic E-state index is 2.34. The summed E-state index contributed by atoms with van der Waals surface area (Å²) in [5.41, 5.74) is 6.34. The van der Waals surface area contributed by atoms with E-state index >= 15 is 0 Å². The topological polar surface area (TPSA) is 3.24 Å². The van der Waals surface area contributed by atoms with Gasteiger partial charge in [-0.1, -0.05) is 43.3 Å². The summed E-state index contributed by atoms with van der Waals surface area (Å²) in [5, 5.41) is 0. The lowest BCUT2D eigenvalue weighted by Gasteiger charge is -2.29. The second-order valence-electron chi connectivity index (χ2n) is 6.14. The fourth-order valence-corrected chi connectivity index (χ4v) is 2.77. The zero-order valence-corrected chi connectivity index (χ0v) is 13.6. The molecule has 3 rings (SSSR count). The first-order chi connectivity index (χ1) is 10.6. The van der Waals surface area contributed by atoms with Gasteiger partial charge in [-0.3, -0.25) is 0 Å². The van der Waals surface area contributed by atoms with Gasteiger partial charge in [-0.15, -0.1) is 0 Å². The Morgan fingerprint density at radius 1 is 0.909 bits per heavy atom. The molecule has 1 aliphatic carbocycles. The fraction of sp³-hybridized carbons (Fsp3) is 0.238. The molecule has 0 aliphatic heterocycles. The second kappa shape index (κ2) is 6.23. The van der Waals surface area contributed by atoms with Crippen molar-refractivity contribution in [1.82, 2.24) is 0 Å². The van der Waals surface area contributed by atoms with Crippen LogP contribution in [0.5, 0.6) is 0 Å². The number of hydrogen-bond acceptors (Lipinski definition) is 1. The summed E-state index contributed by atoms with van der Waals surface area (Å²) in [6, 6.07) is 17.3. The van der Waals surface area contributed by atoms with E-state index in [0.717, 1.165) is 6.42 Å². The Kier molecular flexibility index (Phi) is 4.15. The van der Waals surface area contributed by atoms with Crippen LogP contribution in [-0.4, -0.2) is 0 Å². The minimum absolute atomic E-state index is 0.626. The zero-order valence-electron chi connectivity index (χ0n) is 13.6. The lowest BCUT2D eigenvalue weighted by atomic mass is 10.00. The highest BCUT2D eigenvalue weighted by Gasteiger charge is 2.15. The lowest BCUT2D eigenvalue weighted by Crippen LogP contribution is -2.17. The van der Waals surface area contributed by atoms with Crippen LogP contribution in [0.15, 0.2) is 72.5 Å². The molecule has 0 spiro atoms. The third kappa shape index (κ3) is 2.99. The summed E-state index contributed by atoms with van der Waals surface area (Å²) in [4.78, 5) is 2.34. The Hall–Kier alpha value is -2.28. The van der Waals surface area contributed by atoms with Crippen molar-refractivity contribution in [3.05, 3.63) is 83.6 Å². The summed E-state index contributed by atoms with van der Waals surface area (Å²) in [5.74, 6) is 0.626. The molecule has 2 aromatic rings. The molecule has 0 saturated heterocycles. The monoisotopic (exact) mass is 289 g/mol. The van der Waals surface area contributed by atoms with Crippen LogP contribution in [0, 0.1) is 19.8 Å². The highest BCUT2D eigenvalue weighted by molar-refractivity contribution is 5.71. The van der Waals surface area contributed by atoms with Crippen molar-refractivity contribution in [3.63, 3.8) is 0 Å².